The molecule has 0 amide bonds. The summed E-state index contributed by atoms with van der Waals surface area (Å²) in [5, 5.41) is 0. The predicted octanol–water partition coefficient (Wildman–Crippen LogP) is 0.556. The van der Waals surface area contributed by atoms with Gasteiger partial charge in [-0.25, -0.2) is 0 Å². The van der Waals surface area contributed by atoms with Gasteiger partial charge in [0, 0.05) is 5.76 Å². The molecule has 32 valence electrons. The molecule has 0 radical (unpaired) electrons. The fourth-order valence-corrected chi connectivity index (χ4v) is 0. The number of nitrogens with two attached hydrogens (primary N) is 1. The molecule has 0 rings (SSSR count). The molecule has 2 unspecified atom stereocenters. The maximum absolute atomic E-state index is 6.92. The van der Waals surface area contributed by atoms with E-state index in [1.165, 1.54) is 0 Å². The van der Waals surface area contributed by atoms with Gasteiger partial charge in [0.25, 0.3) is 0 Å². The van der Waals surface area contributed by atoms with Crippen molar-refractivity contribution in [3.05, 3.63) is 0 Å². The smallest absolute Gasteiger partial charge is 0.0507 e. The lowest BCUT2D eigenvalue weighted by Gasteiger charge is -1.91. The zero-order valence-corrected chi connectivity index (χ0v) is 4.52. The van der Waals surface area contributed by atoms with Crippen LogP contribution in [0.4, 0.5) is 0 Å². The third-order valence-corrected chi connectivity index (χ3v) is 0.816. The van der Waals surface area contributed by atoms with E-state index in [0.717, 1.165) is 0 Å². The standard InChI is InChI=1S/C3H10NP/c1-2-3(4)5/h3H,2,4-5H2,1H3/i3D. The summed E-state index contributed by atoms with van der Waals surface area (Å²) in [5.74, 6) is -0.792. The minimum atomic E-state index is -0.792. The Morgan fingerprint density at radius 3 is 2.60 bits per heavy atom. The van der Waals surface area contributed by atoms with Crippen LogP contribution in [-0.2, 0) is 0 Å². The van der Waals surface area contributed by atoms with Crippen LogP contribution < -0.4 is 5.73 Å². The van der Waals surface area contributed by atoms with Gasteiger partial charge >= 0.3 is 0 Å². The Morgan fingerprint density at radius 2 is 2.60 bits per heavy atom. The molecule has 0 aliphatic heterocycles. The highest BCUT2D eigenvalue weighted by molar-refractivity contribution is 7.17. The van der Waals surface area contributed by atoms with E-state index < -0.39 is 5.76 Å². The second-order valence-corrected chi connectivity index (χ2v) is 1.67. The third kappa shape index (κ3) is 4.39. The molecule has 1 nitrogen and oxygen atoms in total. The largest absolute Gasteiger partial charge is 0.325 e. The van der Waals surface area contributed by atoms with Crippen molar-refractivity contribution in [1.82, 2.24) is 0 Å². The fourth-order valence-electron chi connectivity index (χ4n) is 0. The number of hydrogen-bond donors (Lipinski definition) is 1. The molecule has 0 saturated carbocycles. The zero-order valence-electron chi connectivity index (χ0n) is 4.36. The molecule has 0 saturated heterocycles. The minimum absolute atomic E-state index is 0.678. The number of hydrogen-bond acceptors (Lipinski definition) is 1. The van der Waals surface area contributed by atoms with Crippen LogP contribution in [0.15, 0.2) is 0 Å². The van der Waals surface area contributed by atoms with Gasteiger partial charge < -0.3 is 5.73 Å². The van der Waals surface area contributed by atoms with Crippen LogP contribution in [0.5, 0.6) is 0 Å². The first kappa shape index (κ1) is 3.58. The Morgan fingerprint density at radius 1 is 2.40 bits per heavy atom. The van der Waals surface area contributed by atoms with Gasteiger partial charge in [0.1, 0.15) is 0 Å². The van der Waals surface area contributed by atoms with Crippen LogP contribution in [0.2, 0.25) is 0 Å². The summed E-state index contributed by atoms with van der Waals surface area (Å²) in [5.41, 5.74) is 5.16. The summed E-state index contributed by atoms with van der Waals surface area (Å²) >= 11 is 0. The summed E-state index contributed by atoms with van der Waals surface area (Å²) in [6, 6.07) is 0. The first-order valence-electron chi connectivity index (χ1n) is 2.14. The van der Waals surface area contributed by atoms with Gasteiger partial charge in [-0.15, -0.1) is 9.24 Å². The Labute approximate surface area is 36.5 Å². The number of rotatable bonds is 1. The van der Waals surface area contributed by atoms with Gasteiger partial charge in [-0.2, -0.15) is 0 Å². The Kier molecular flexibility index (Phi) is 1.87. The van der Waals surface area contributed by atoms with Crippen molar-refractivity contribution < 1.29 is 1.37 Å². The Balaban J connectivity index is 3.17. The summed E-state index contributed by atoms with van der Waals surface area (Å²) in [6.07, 6.45) is 0.678. The molecule has 0 heterocycles. The molecule has 2 heteroatoms. The van der Waals surface area contributed by atoms with Gasteiger partial charge in [-0.1, -0.05) is 6.92 Å². The van der Waals surface area contributed by atoms with Crippen molar-refractivity contribution in [3.8, 4) is 0 Å². The van der Waals surface area contributed by atoms with E-state index >= 15 is 0 Å². The van der Waals surface area contributed by atoms with Gasteiger partial charge in [0.15, 0.2) is 0 Å². The molecule has 2 N–H and O–H groups in total. The van der Waals surface area contributed by atoms with E-state index in [-0.39, 0.29) is 0 Å². The molecular formula is C3H10NP. The molecule has 0 aromatic carbocycles. The van der Waals surface area contributed by atoms with Crippen LogP contribution >= 0.6 is 9.24 Å². The first-order valence-corrected chi connectivity index (χ1v) is 2.22. The molecular weight excluding hydrogens is 81.0 g/mol. The highest BCUT2D eigenvalue weighted by Gasteiger charge is 1.79. The topological polar surface area (TPSA) is 26.0 Å². The molecule has 0 aliphatic rings. The lowest BCUT2D eigenvalue weighted by atomic mass is 10.5. The highest BCUT2D eigenvalue weighted by Crippen LogP contribution is 1.92. The maximum atomic E-state index is 6.92. The van der Waals surface area contributed by atoms with Crippen LogP contribution in [0.3, 0.4) is 0 Å². The normalized spacial score (nSPS) is 24.2. The van der Waals surface area contributed by atoms with E-state index in [1.807, 2.05) is 6.92 Å². The first-order chi connectivity index (χ1) is 2.56. The molecule has 0 fully saturated rings. The zero-order chi connectivity index (χ0) is 5.21. The van der Waals surface area contributed by atoms with Gasteiger partial charge in [-0.3, -0.25) is 0 Å². The lowest BCUT2D eigenvalue weighted by molar-refractivity contribution is 0.870. The summed E-state index contributed by atoms with van der Waals surface area (Å²) in [4.78, 5) is 0. The quantitative estimate of drug-likeness (QED) is 0.470. The lowest BCUT2D eigenvalue weighted by Crippen LogP contribution is -2.07. The van der Waals surface area contributed by atoms with Crippen molar-refractivity contribution in [2.45, 2.75) is 19.1 Å². The Bertz CT molecular complexity index is 40.5. The molecule has 5 heavy (non-hydrogen) atoms. The average molecular weight is 92.1 g/mol. The Hall–Kier alpha value is 0.390. The van der Waals surface area contributed by atoms with Crippen molar-refractivity contribution in [2.24, 2.45) is 5.73 Å². The van der Waals surface area contributed by atoms with E-state index in [9.17, 15) is 0 Å². The molecule has 2 atom stereocenters. The molecule has 0 aliphatic carbocycles. The second kappa shape index (κ2) is 2.62. The highest BCUT2D eigenvalue weighted by atomic mass is 31.0. The SMILES string of the molecule is [2H]C(N)(P)CC. The van der Waals surface area contributed by atoms with Gasteiger partial charge in [-0.05, 0) is 6.42 Å². The average Bonchev–Trinajstić information content (AvgIpc) is 1.35. The van der Waals surface area contributed by atoms with E-state index in [2.05, 4.69) is 9.24 Å². The second-order valence-electron chi connectivity index (χ2n) is 0.928. The summed E-state index contributed by atoms with van der Waals surface area (Å²) < 4.78 is 6.92. The van der Waals surface area contributed by atoms with Crippen LogP contribution in [0, 0.1) is 0 Å². The summed E-state index contributed by atoms with van der Waals surface area (Å²) in [6.45, 7) is 1.88. The maximum Gasteiger partial charge on any atom is 0.0507 e. The van der Waals surface area contributed by atoms with E-state index in [0.29, 0.717) is 6.42 Å². The van der Waals surface area contributed by atoms with Crippen LogP contribution in [0.1, 0.15) is 14.7 Å². The van der Waals surface area contributed by atoms with Crippen LogP contribution in [0.25, 0.3) is 0 Å². The molecule has 0 bridgehead atoms. The van der Waals surface area contributed by atoms with Gasteiger partial charge in [0.05, 0.1) is 1.37 Å². The minimum Gasteiger partial charge on any atom is -0.325 e. The molecule has 0 spiro atoms. The van der Waals surface area contributed by atoms with Crippen molar-refractivity contribution in [3.63, 3.8) is 0 Å². The predicted molar refractivity (Wildman–Crippen MR) is 28.0 cm³/mol. The monoisotopic (exact) mass is 92.1 g/mol. The van der Waals surface area contributed by atoms with E-state index in [4.69, 9.17) is 7.10 Å². The fraction of sp³-hybridized carbons (Fsp3) is 1.00. The van der Waals surface area contributed by atoms with Crippen molar-refractivity contribution in [1.29, 1.82) is 0 Å². The van der Waals surface area contributed by atoms with Crippen LogP contribution in [-0.4, -0.2) is 5.76 Å². The van der Waals surface area contributed by atoms with Gasteiger partial charge in [0.2, 0.25) is 0 Å². The molecule has 0 aromatic rings. The van der Waals surface area contributed by atoms with Crippen molar-refractivity contribution in [2.75, 3.05) is 0 Å². The molecule has 0 aromatic heterocycles. The summed E-state index contributed by atoms with van der Waals surface area (Å²) in [7, 11) is 2.24. The van der Waals surface area contributed by atoms with E-state index in [1.54, 1.807) is 0 Å². The third-order valence-electron chi connectivity index (χ3n) is 0.408. The van der Waals surface area contributed by atoms with Crippen molar-refractivity contribution >= 4 is 9.24 Å².